The van der Waals surface area contributed by atoms with Crippen molar-refractivity contribution in [1.82, 2.24) is 5.32 Å². The Hall–Kier alpha value is -2.98. The number of benzene rings is 2. The number of thiophene rings is 1. The Bertz CT molecular complexity index is 1300. The average molecular weight is 542 g/mol. The largest absolute Gasteiger partial charge is 0.573 e. The van der Waals surface area contributed by atoms with Crippen molar-refractivity contribution in [3.05, 3.63) is 57.4 Å². The van der Waals surface area contributed by atoms with Gasteiger partial charge in [0.1, 0.15) is 24.1 Å². The first-order valence-corrected chi connectivity index (χ1v) is 12.3. The van der Waals surface area contributed by atoms with Crippen LogP contribution in [0.4, 0.5) is 13.2 Å². The van der Waals surface area contributed by atoms with E-state index in [1.54, 1.807) is 19.1 Å². The van der Waals surface area contributed by atoms with Gasteiger partial charge in [0.15, 0.2) is 0 Å². The third kappa shape index (κ3) is 5.39. The maximum absolute atomic E-state index is 13.3. The summed E-state index contributed by atoms with van der Waals surface area (Å²) in [5.74, 6) is -1.84. The Labute approximate surface area is 214 Å². The number of carboxylic acid groups (broad SMARTS) is 1. The van der Waals surface area contributed by atoms with E-state index in [9.17, 15) is 27.9 Å². The molecule has 1 atom stereocenters. The molecule has 2 aromatic carbocycles. The molecule has 0 aliphatic heterocycles. The number of hydrogen-bond acceptors (Lipinski definition) is 5. The van der Waals surface area contributed by atoms with Crippen molar-refractivity contribution in [1.29, 1.82) is 0 Å². The quantitative estimate of drug-likeness (QED) is 0.331. The van der Waals surface area contributed by atoms with Gasteiger partial charge in [-0.25, -0.2) is 4.79 Å². The van der Waals surface area contributed by atoms with Crippen molar-refractivity contribution in [2.45, 2.75) is 52.1 Å². The first-order chi connectivity index (χ1) is 16.9. The summed E-state index contributed by atoms with van der Waals surface area (Å²) in [5, 5.41) is 13.0. The van der Waals surface area contributed by atoms with Crippen LogP contribution in [0.25, 0.3) is 10.1 Å². The number of ether oxygens (including phenoxy) is 2. The molecule has 1 unspecified atom stereocenters. The fourth-order valence-electron chi connectivity index (χ4n) is 4.31. The van der Waals surface area contributed by atoms with Crippen molar-refractivity contribution < 1.29 is 37.3 Å². The summed E-state index contributed by atoms with van der Waals surface area (Å²) in [6, 6.07) is 7.41. The fourth-order valence-corrected chi connectivity index (χ4v) is 5.59. The minimum absolute atomic E-state index is 0.0569. The molecule has 0 radical (unpaired) electrons. The number of aliphatic carboxylic acids is 1. The van der Waals surface area contributed by atoms with Gasteiger partial charge < -0.3 is 19.9 Å². The highest BCUT2D eigenvalue weighted by atomic mass is 35.5. The Morgan fingerprint density at radius 2 is 1.86 bits per heavy atom. The molecule has 36 heavy (non-hydrogen) atoms. The van der Waals surface area contributed by atoms with Crippen LogP contribution in [0.1, 0.15) is 47.7 Å². The van der Waals surface area contributed by atoms with E-state index in [4.69, 9.17) is 16.3 Å². The summed E-state index contributed by atoms with van der Waals surface area (Å²) >= 11 is 7.65. The Morgan fingerprint density at radius 3 is 2.42 bits per heavy atom. The van der Waals surface area contributed by atoms with Gasteiger partial charge in [0, 0.05) is 10.1 Å². The third-order valence-electron chi connectivity index (χ3n) is 6.49. The van der Waals surface area contributed by atoms with E-state index in [0.29, 0.717) is 33.7 Å². The normalized spacial score (nSPS) is 15.7. The SMILES string of the molecule is Cc1c(Cl)sc2ccc(C(=O)NC(C(=O)O)C3(C)CCC3)c(OCc3ccc(OC(F)(F)F)cc3)c12. The van der Waals surface area contributed by atoms with E-state index >= 15 is 0 Å². The number of rotatable bonds is 8. The second-order valence-corrected chi connectivity index (χ2v) is 10.7. The van der Waals surface area contributed by atoms with Gasteiger partial charge in [-0.3, -0.25) is 4.79 Å². The van der Waals surface area contributed by atoms with Crippen LogP contribution in [-0.4, -0.2) is 29.4 Å². The molecule has 1 fully saturated rings. The molecule has 11 heteroatoms. The molecule has 4 rings (SSSR count). The predicted octanol–water partition coefficient (Wildman–Crippen LogP) is 6.71. The number of hydrogen-bond donors (Lipinski definition) is 2. The fraction of sp³-hybridized carbons (Fsp3) is 0.360. The molecule has 0 bridgehead atoms. The number of amides is 1. The first kappa shape index (κ1) is 26.1. The zero-order chi connectivity index (χ0) is 26.3. The van der Waals surface area contributed by atoms with E-state index in [0.717, 1.165) is 11.1 Å². The van der Waals surface area contributed by atoms with Crippen molar-refractivity contribution in [2.75, 3.05) is 0 Å². The van der Waals surface area contributed by atoms with Crippen molar-refractivity contribution in [3.8, 4) is 11.5 Å². The summed E-state index contributed by atoms with van der Waals surface area (Å²) in [6.45, 7) is 3.57. The Kier molecular flexibility index (Phi) is 7.12. The molecule has 0 spiro atoms. The summed E-state index contributed by atoms with van der Waals surface area (Å²) in [5.41, 5.74) is 0.855. The molecule has 192 valence electrons. The van der Waals surface area contributed by atoms with Crippen LogP contribution in [0.5, 0.6) is 11.5 Å². The van der Waals surface area contributed by atoms with Crippen LogP contribution in [0.15, 0.2) is 36.4 Å². The second kappa shape index (κ2) is 9.82. The number of carboxylic acids is 1. The van der Waals surface area contributed by atoms with Crippen LogP contribution in [0.3, 0.4) is 0 Å². The second-order valence-electron chi connectivity index (χ2n) is 9.05. The number of alkyl halides is 3. The van der Waals surface area contributed by atoms with Crippen molar-refractivity contribution in [2.24, 2.45) is 5.41 Å². The van der Waals surface area contributed by atoms with Crippen LogP contribution in [0, 0.1) is 12.3 Å². The minimum Gasteiger partial charge on any atom is -0.487 e. The summed E-state index contributed by atoms with van der Waals surface area (Å²) in [4.78, 5) is 25.3. The highest BCUT2D eigenvalue weighted by Crippen LogP contribution is 2.45. The molecule has 1 aliphatic carbocycles. The highest BCUT2D eigenvalue weighted by Gasteiger charge is 2.45. The maximum Gasteiger partial charge on any atom is 0.573 e. The van der Waals surface area contributed by atoms with Gasteiger partial charge in [0.05, 0.1) is 9.90 Å². The lowest BCUT2D eigenvalue weighted by atomic mass is 9.65. The predicted molar refractivity (Wildman–Crippen MR) is 130 cm³/mol. The monoisotopic (exact) mass is 541 g/mol. The van der Waals surface area contributed by atoms with Crippen LogP contribution in [-0.2, 0) is 11.4 Å². The standard InChI is InChI=1S/C25H23ClF3NO5S/c1-13-18-17(36-21(13)26)9-8-16(22(31)30-20(23(32)33)24(2)10-3-11-24)19(18)34-12-14-4-6-15(7-5-14)35-25(27,28)29/h4-9,20H,3,10-12H2,1-2H3,(H,30,31)(H,32,33). The van der Waals surface area contributed by atoms with Gasteiger partial charge in [-0.2, -0.15) is 0 Å². The summed E-state index contributed by atoms with van der Waals surface area (Å²) < 4.78 is 48.5. The first-order valence-electron chi connectivity index (χ1n) is 11.1. The lowest BCUT2D eigenvalue weighted by Gasteiger charge is -2.43. The minimum atomic E-state index is -4.80. The molecule has 1 heterocycles. The zero-order valence-electron chi connectivity index (χ0n) is 19.4. The number of halogens is 4. The lowest BCUT2D eigenvalue weighted by molar-refractivity contribution is -0.274. The van der Waals surface area contributed by atoms with Gasteiger partial charge >= 0.3 is 12.3 Å². The number of carbonyl (C=O) groups excluding carboxylic acids is 1. The number of carbonyl (C=O) groups is 2. The lowest BCUT2D eigenvalue weighted by Crippen LogP contribution is -2.54. The van der Waals surface area contributed by atoms with Crippen LogP contribution < -0.4 is 14.8 Å². The molecular formula is C25H23ClF3NO5S. The van der Waals surface area contributed by atoms with Gasteiger partial charge in [-0.15, -0.1) is 24.5 Å². The molecule has 6 nitrogen and oxygen atoms in total. The maximum atomic E-state index is 13.3. The van der Waals surface area contributed by atoms with Crippen molar-refractivity contribution >= 4 is 44.9 Å². The summed E-state index contributed by atoms with van der Waals surface area (Å²) in [7, 11) is 0. The highest BCUT2D eigenvalue weighted by molar-refractivity contribution is 7.23. The average Bonchev–Trinajstić information content (AvgIpc) is 3.07. The van der Waals surface area contributed by atoms with E-state index < -0.39 is 29.7 Å². The van der Waals surface area contributed by atoms with Gasteiger partial charge in [-0.05, 0) is 60.6 Å². The Balaban J connectivity index is 1.63. The molecule has 2 N–H and O–H groups in total. The molecular weight excluding hydrogens is 519 g/mol. The van der Waals surface area contributed by atoms with Crippen LogP contribution >= 0.6 is 22.9 Å². The number of fused-ring (bicyclic) bond motifs is 1. The van der Waals surface area contributed by atoms with Gasteiger partial charge in [0.25, 0.3) is 5.91 Å². The van der Waals surface area contributed by atoms with Gasteiger partial charge in [-0.1, -0.05) is 37.1 Å². The molecule has 1 saturated carbocycles. The smallest absolute Gasteiger partial charge is 0.487 e. The van der Waals surface area contributed by atoms with E-state index in [1.165, 1.54) is 35.6 Å². The van der Waals surface area contributed by atoms with E-state index in [1.807, 2.05) is 6.92 Å². The zero-order valence-corrected chi connectivity index (χ0v) is 20.9. The molecule has 1 aliphatic rings. The molecule has 1 amide bonds. The molecule has 0 saturated heterocycles. The third-order valence-corrected chi connectivity index (χ3v) is 8.05. The number of aryl methyl sites for hydroxylation is 1. The van der Waals surface area contributed by atoms with E-state index in [-0.39, 0.29) is 23.7 Å². The topological polar surface area (TPSA) is 84.9 Å². The molecule has 1 aromatic heterocycles. The van der Waals surface area contributed by atoms with Gasteiger partial charge in [0.2, 0.25) is 0 Å². The van der Waals surface area contributed by atoms with E-state index in [2.05, 4.69) is 10.1 Å². The van der Waals surface area contributed by atoms with Crippen molar-refractivity contribution in [3.63, 3.8) is 0 Å². The van der Waals surface area contributed by atoms with Crippen LogP contribution in [0.2, 0.25) is 4.34 Å². The number of nitrogens with one attached hydrogen (secondary N) is 1. The summed E-state index contributed by atoms with van der Waals surface area (Å²) in [6.07, 6.45) is -2.51. The Morgan fingerprint density at radius 1 is 1.19 bits per heavy atom. The molecule has 3 aromatic rings.